The zero-order chi connectivity index (χ0) is 9.42. The Bertz CT molecular complexity index is 443. The number of alkyl halides is 1. The van der Waals surface area contributed by atoms with Crippen molar-refractivity contribution in [3.8, 4) is 0 Å². The lowest BCUT2D eigenvalue weighted by Crippen LogP contribution is -1.77. The minimum atomic E-state index is 0.961. The molecule has 1 aromatic carbocycles. The highest BCUT2D eigenvalue weighted by Gasteiger charge is 2.06. The van der Waals surface area contributed by atoms with E-state index >= 15 is 0 Å². The number of hydrogen-bond acceptors (Lipinski definition) is 1. The molecule has 0 aliphatic rings. The third kappa shape index (κ3) is 1.53. The highest BCUT2D eigenvalue weighted by Crippen LogP contribution is 2.32. The average Bonchev–Trinajstić information content (AvgIpc) is 2.40. The van der Waals surface area contributed by atoms with Crippen LogP contribution in [0, 0.1) is 13.8 Å². The Balaban J connectivity index is 2.80. The van der Waals surface area contributed by atoms with Crippen LogP contribution in [0.2, 0.25) is 0 Å². The van der Waals surface area contributed by atoms with Crippen molar-refractivity contribution in [3.05, 3.63) is 34.2 Å². The molecule has 0 saturated carbocycles. The molecular formula is C11H11BrS. The SMILES string of the molecule is Cc1ccc2sc(C)c(CBr)c2c1. The highest BCUT2D eigenvalue weighted by atomic mass is 79.9. The topological polar surface area (TPSA) is 0 Å². The van der Waals surface area contributed by atoms with E-state index in [1.807, 2.05) is 11.3 Å². The molecule has 1 aromatic heterocycles. The van der Waals surface area contributed by atoms with Crippen LogP contribution in [0.3, 0.4) is 0 Å². The predicted molar refractivity (Wildman–Crippen MR) is 63.9 cm³/mol. The summed E-state index contributed by atoms with van der Waals surface area (Å²) in [7, 11) is 0. The third-order valence-corrected chi connectivity index (χ3v) is 3.97. The molecule has 0 unspecified atom stereocenters. The third-order valence-electron chi connectivity index (χ3n) is 2.28. The average molecular weight is 255 g/mol. The van der Waals surface area contributed by atoms with Crippen molar-refractivity contribution in [2.45, 2.75) is 19.2 Å². The number of thiophene rings is 1. The molecule has 0 fully saturated rings. The molecule has 0 amide bonds. The second-order valence-corrected chi connectivity index (χ2v) is 5.09. The molecule has 2 heteroatoms. The van der Waals surface area contributed by atoms with E-state index in [4.69, 9.17) is 0 Å². The van der Waals surface area contributed by atoms with Crippen LogP contribution in [-0.2, 0) is 5.33 Å². The summed E-state index contributed by atoms with van der Waals surface area (Å²) in [5.41, 5.74) is 2.79. The molecule has 0 spiro atoms. The maximum Gasteiger partial charge on any atom is 0.0348 e. The number of hydrogen-bond donors (Lipinski definition) is 0. The molecule has 0 nitrogen and oxygen atoms in total. The van der Waals surface area contributed by atoms with Gasteiger partial charge in [-0.05, 0) is 30.9 Å². The molecule has 13 heavy (non-hydrogen) atoms. The number of aryl methyl sites for hydroxylation is 2. The van der Waals surface area contributed by atoms with Gasteiger partial charge < -0.3 is 0 Å². The van der Waals surface area contributed by atoms with Gasteiger partial charge in [-0.3, -0.25) is 0 Å². The second-order valence-electron chi connectivity index (χ2n) is 3.27. The van der Waals surface area contributed by atoms with Crippen molar-refractivity contribution < 1.29 is 0 Å². The first-order valence-electron chi connectivity index (χ1n) is 4.27. The van der Waals surface area contributed by atoms with Crippen LogP contribution in [-0.4, -0.2) is 0 Å². The standard InChI is InChI=1S/C11H11BrS/c1-7-3-4-11-9(5-7)10(6-12)8(2)13-11/h3-5H,6H2,1-2H3. The fraction of sp³-hybridized carbons (Fsp3) is 0.273. The summed E-state index contributed by atoms with van der Waals surface area (Å²) < 4.78 is 1.40. The summed E-state index contributed by atoms with van der Waals surface area (Å²) in [6, 6.07) is 6.67. The highest BCUT2D eigenvalue weighted by molar-refractivity contribution is 9.08. The van der Waals surface area contributed by atoms with Gasteiger partial charge in [0.2, 0.25) is 0 Å². The summed E-state index contributed by atoms with van der Waals surface area (Å²) in [5, 5.41) is 2.38. The number of halogens is 1. The normalized spacial score (nSPS) is 11.0. The van der Waals surface area contributed by atoms with E-state index in [0.717, 1.165) is 5.33 Å². The summed E-state index contributed by atoms with van der Waals surface area (Å²) >= 11 is 5.42. The lowest BCUT2D eigenvalue weighted by Gasteiger charge is -1.96. The molecule has 0 radical (unpaired) electrons. The van der Waals surface area contributed by atoms with E-state index in [9.17, 15) is 0 Å². The fourth-order valence-corrected chi connectivity index (χ4v) is 3.52. The lowest BCUT2D eigenvalue weighted by molar-refractivity contribution is 1.43. The molecule has 0 aliphatic carbocycles. The van der Waals surface area contributed by atoms with Crippen LogP contribution in [0.4, 0.5) is 0 Å². The molecule has 0 atom stereocenters. The maximum atomic E-state index is 3.54. The van der Waals surface area contributed by atoms with Crippen molar-refractivity contribution in [3.63, 3.8) is 0 Å². The Labute approximate surface area is 90.7 Å². The van der Waals surface area contributed by atoms with E-state index in [2.05, 4.69) is 48.0 Å². The quantitative estimate of drug-likeness (QED) is 0.662. The first-order chi connectivity index (χ1) is 6.22. The van der Waals surface area contributed by atoms with Gasteiger partial charge in [0.25, 0.3) is 0 Å². The number of rotatable bonds is 1. The van der Waals surface area contributed by atoms with Crippen LogP contribution in [0.15, 0.2) is 18.2 Å². The maximum absolute atomic E-state index is 3.54. The van der Waals surface area contributed by atoms with E-state index in [1.165, 1.54) is 26.1 Å². The molecule has 1 heterocycles. The smallest absolute Gasteiger partial charge is 0.0348 e. The molecule has 0 saturated heterocycles. The summed E-state index contributed by atoms with van der Waals surface area (Å²) in [6.07, 6.45) is 0. The molecule has 0 N–H and O–H groups in total. The summed E-state index contributed by atoms with van der Waals surface area (Å²) in [6.45, 7) is 4.33. The number of benzene rings is 1. The molecule has 0 bridgehead atoms. The number of fused-ring (bicyclic) bond motifs is 1. The zero-order valence-electron chi connectivity index (χ0n) is 7.73. The van der Waals surface area contributed by atoms with Crippen LogP contribution in [0.1, 0.15) is 16.0 Å². The van der Waals surface area contributed by atoms with Crippen molar-refractivity contribution in [2.24, 2.45) is 0 Å². The van der Waals surface area contributed by atoms with Crippen molar-refractivity contribution in [2.75, 3.05) is 0 Å². The Morgan fingerprint density at radius 2 is 2.08 bits per heavy atom. The van der Waals surface area contributed by atoms with Gasteiger partial charge in [0.1, 0.15) is 0 Å². The first-order valence-corrected chi connectivity index (χ1v) is 6.21. The van der Waals surface area contributed by atoms with Crippen LogP contribution < -0.4 is 0 Å². The van der Waals surface area contributed by atoms with Crippen LogP contribution in [0.5, 0.6) is 0 Å². The van der Waals surface area contributed by atoms with Crippen LogP contribution >= 0.6 is 27.3 Å². The summed E-state index contributed by atoms with van der Waals surface area (Å²) in [5.74, 6) is 0. The Morgan fingerprint density at radius 3 is 2.77 bits per heavy atom. The van der Waals surface area contributed by atoms with Gasteiger partial charge in [-0.1, -0.05) is 33.6 Å². The van der Waals surface area contributed by atoms with Gasteiger partial charge in [-0.25, -0.2) is 0 Å². The zero-order valence-corrected chi connectivity index (χ0v) is 10.1. The van der Waals surface area contributed by atoms with Gasteiger partial charge in [0, 0.05) is 14.9 Å². The molecule has 2 rings (SSSR count). The van der Waals surface area contributed by atoms with E-state index in [-0.39, 0.29) is 0 Å². The van der Waals surface area contributed by atoms with Gasteiger partial charge >= 0.3 is 0 Å². The Morgan fingerprint density at radius 1 is 1.31 bits per heavy atom. The van der Waals surface area contributed by atoms with Gasteiger partial charge in [-0.15, -0.1) is 11.3 Å². The largest absolute Gasteiger partial charge is 0.140 e. The predicted octanol–water partition coefficient (Wildman–Crippen LogP) is 4.41. The van der Waals surface area contributed by atoms with E-state index in [1.54, 1.807) is 0 Å². The minimum Gasteiger partial charge on any atom is -0.140 e. The fourth-order valence-electron chi connectivity index (χ4n) is 1.55. The Hall–Kier alpha value is -0.340. The van der Waals surface area contributed by atoms with Crippen molar-refractivity contribution in [1.82, 2.24) is 0 Å². The molecule has 68 valence electrons. The molecular weight excluding hydrogens is 244 g/mol. The van der Waals surface area contributed by atoms with Crippen LogP contribution in [0.25, 0.3) is 10.1 Å². The van der Waals surface area contributed by atoms with Gasteiger partial charge in [-0.2, -0.15) is 0 Å². The monoisotopic (exact) mass is 254 g/mol. The van der Waals surface area contributed by atoms with Gasteiger partial charge in [0.05, 0.1) is 0 Å². The summed E-state index contributed by atoms with van der Waals surface area (Å²) in [4.78, 5) is 1.43. The Kier molecular flexibility index (Phi) is 2.43. The minimum absolute atomic E-state index is 0.961. The van der Waals surface area contributed by atoms with E-state index < -0.39 is 0 Å². The van der Waals surface area contributed by atoms with E-state index in [0.29, 0.717) is 0 Å². The van der Waals surface area contributed by atoms with Crippen molar-refractivity contribution in [1.29, 1.82) is 0 Å². The first kappa shape index (κ1) is 9.22. The van der Waals surface area contributed by atoms with Crippen molar-refractivity contribution >= 4 is 37.4 Å². The molecule has 2 aromatic rings. The lowest BCUT2D eigenvalue weighted by atomic mass is 10.1. The second kappa shape index (κ2) is 3.43. The van der Waals surface area contributed by atoms with Gasteiger partial charge in [0.15, 0.2) is 0 Å². The molecule has 0 aliphatic heterocycles.